The number of fused-ring (bicyclic) bond motifs is 1. The van der Waals surface area contributed by atoms with Crippen LogP contribution in [-0.4, -0.2) is 5.54 Å². The van der Waals surface area contributed by atoms with Crippen LogP contribution >= 0.6 is 11.3 Å². The van der Waals surface area contributed by atoms with Gasteiger partial charge in [0, 0.05) is 21.7 Å². The second kappa shape index (κ2) is 5.87. The molecule has 1 nitrogen and oxygen atoms in total. The van der Waals surface area contributed by atoms with Crippen LogP contribution in [0.1, 0.15) is 63.5 Å². The molecule has 0 amide bonds. The molecule has 2 aromatic rings. The topological polar surface area (TPSA) is 12.0 Å². The van der Waals surface area contributed by atoms with E-state index in [0.29, 0.717) is 5.92 Å². The predicted octanol–water partition coefficient (Wildman–Crippen LogP) is 5.48. The van der Waals surface area contributed by atoms with Crippen LogP contribution in [0, 0.1) is 0 Å². The van der Waals surface area contributed by atoms with Gasteiger partial charge in [-0.05, 0) is 61.8 Å². The Balaban J connectivity index is 2.41. The minimum Gasteiger partial charge on any atom is -0.307 e. The molecular formula is C18H27NS. The Kier molecular flexibility index (Phi) is 4.55. The molecule has 0 aliphatic carbocycles. The SMILES string of the molecule is CCc1c(CNC(C)(C)C)sc2ccc(C(C)C)cc12. The minimum atomic E-state index is 0.171. The highest BCUT2D eigenvalue weighted by Crippen LogP contribution is 2.34. The summed E-state index contributed by atoms with van der Waals surface area (Å²) in [6.45, 7) is 14.4. The molecule has 0 aliphatic heterocycles. The average molecular weight is 289 g/mol. The molecule has 0 spiro atoms. The maximum Gasteiger partial charge on any atom is 0.0349 e. The summed E-state index contributed by atoms with van der Waals surface area (Å²) in [5.74, 6) is 0.597. The average Bonchev–Trinajstić information content (AvgIpc) is 2.71. The highest BCUT2D eigenvalue weighted by atomic mass is 32.1. The standard InChI is InChI=1S/C18H27NS/c1-7-14-15-10-13(12(2)3)8-9-16(15)20-17(14)11-19-18(4,5)6/h8-10,12,19H,7,11H2,1-6H3. The molecule has 0 unspecified atom stereocenters. The van der Waals surface area contributed by atoms with Crippen LogP contribution in [0.3, 0.4) is 0 Å². The zero-order chi connectivity index (χ0) is 14.9. The van der Waals surface area contributed by atoms with E-state index < -0.39 is 0 Å². The molecule has 1 aromatic heterocycles. The lowest BCUT2D eigenvalue weighted by molar-refractivity contribution is 0.426. The number of nitrogens with one attached hydrogen (secondary N) is 1. The van der Waals surface area contributed by atoms with E-state index in [1.807, 2.05) is 11.3 Å². The van der Waals surface area contributed by atoms with E-state index >= 15 is 0 Å². The van der Waals surface area contributed by atoms with Gasteiger partial charge in [0.25, 0.3) is 0 Å². The quantitative estimate of drug-likeness (QED) is 0.786. The fourth-order valence-electron chi connectivity index (χ4n) is 2.45. The van der Waals surface area contributed by atoms with Crippen LogP contribution < -0.4 is 5.32 Å². The zero-order valence-corrected chi connectivity index (χ0v) is 14.4. The van der Waals surface area contributed by atoms with Crippen molar-refractivity contribution in [2.24, 2.45) is 0 Å². The molecular weight excluding hydrogens is 262 g/mol. The Bertz CT molecular complexity index is 587. The summed E-state index contributed by atoms with van der Waals surface area (Å²) in [5.41, 5.74) is 3.15. The number of aryl methyl sites for hydroxylation is 1. The highest BCUT2D eigenvalue weighted by Gasteiger charge is 2.15. The van der Waals surface area contributed by atoms with Gasteiger partial charge in [-0.3, -0.25) is 0 Å². The molecule has 20 heavy (non-hydrogen) atoms. The Hall–Kier alpha value is -0.860. The van der Waals surface area contributed by atoms with Crippen molar-refractivity contribution in [2.75, 3.05) is 0 Å². The van der Waals surface area contributed by atoms with E-state index in [9.17, 15) is 0 Å². The van der Waals surface area contributed by atoms with E-state index in [4.69, 9.17) is 0 Å². The number of benzene rings is 1. The van der Waals surface area contributed by atoms with Crippen LogP contribution in [0.25, 0.3) is 10.1 Å². The van der Waals surface area contributed by atoms with Crippen LogP contribution in [-0.2, 0) is 13.0 Å². The Morgan fingerprint density at radius 1 is 1.20 bits per heavy atom. The molecule has 0 fully saturated rings. The van der Waals surface area contributed by atoms with Gasteiger partial charge in [0.05, 0.1) is 0 Å². The summed E-state index contributed by atoms with van der Waals surface area (Å²) in [7, 11) is 0. The van der Waals surface area contributed by atoms with Crippen LogP contribution in [0.5, 0.6) is 0 Å². The smallest absolute Gasteiger partial charge is 0.0349 e. The lowest BCUT2D eigenvalue weighted by atomic mass is 9.99. The first-order chi connectivity index (χ1) is 9.31. The van der Waals surface area contributed by atoms with Gasteiger partial charge in [0.15, 0.2) is 0 Å². The fraction of sp³-hybridized carbons (Fsp3) is 0.556. The first-order valence-corrected chi connectivity index (χ1v) is 8.42. The van der Waals surface area contributed by atoms with Crippen molar-refractivity contribution in [2.45, 2.75) is 66.0 Å². The van der Waals surface area contributed by atoms with Gasteiger partial charge in [0.1, 0.15) is 0 Å². The summed E-state index contributed by atoms with van der Waals surface area (Å²) < 4.78 is 1.43. The maximum atomic E-state index is 3.62. The molecule has 2 rings (SSSR count). The van der Waals surface area contributed by atoms with Gasteiger partial charge in [-0.1, -0.05) is 26.8 Å². The lowest BCUT2D eigenvalue weighted by Gasteiger charge is -2.20. The second-order valence-corrected chi connectivity index (χ2v) is 8.01. The van der Waals surface area contributed by atoms with Crippen molar-refractivity contribution >= 4 is 21.4 Å². The summed E-state index contributed by atoms with van der Waals surface area (Å²) in [6, 6.07) is 6.98. The minimum absolute atomic E-state index is 0.171. The number of thiophene rings is 1. The summed E-state index contributed by atoms with van der Waals surface area (Å²) >= 11 is 1.95. The van der Waals surface area contributed by atoms with E-state index in [2.05, 4.69) is 65.1 Å². The van der Waals surface area contributed by atoms with Gasteiger partial charge >= 0.3 is 0 Å². The van der Waals surface area contributed by atoms with Gasteiger partial charge in [-0.15, -0.1) is 11.3 Å². The third-order valence-corrected chi connectivity index (χ3v) is 4.91. The Morgan fingerprint density at radius 3 is 2.45 bits per heavy atom. The molecule has 110 valence electrons. The third kappa shape index (κ3) is 3.42. The Labute approximate surface area is 127 Å². The molecule has 1 heterocycles. The van der Waals surface area contributed by atoms with E-state index in [-0.39, 0.29) is 5.54 Å². The van der Waals surface area contributed by atoms with Crippen LogP contribution in [0.15, 0.2) is 18.2 Å². The predicted molar refractivity (Wildman–Crippen MR) is 91.9 cm³/mol. The van der Waals surface area contributed by atoms with E-state index in [1.165, 1.54) is 26.1 Å². The molecule has 1 aromatic carbocycles. The normalized spacial score (nSPS) is 12.6. The zero-order valence-electron chi connectivity index (χ0n) is 13.6. The van der Waals surface area contributed by atoms with Gasteiger partial charge in [-0.2, -0.15) is 0 Å². The van der Waals surface area contributed by atoms with Crippen molar-refractivity contribution < 1.29 is 0 Å². The molecule has 0 atom stereocenters. The number of hydrogen-bond donors (Lipinski definition) is 1. The summed E-state index contributed by atoms with van der Waals surface area (Å²) in [6.07, 6.45) is 1.11. The maximum absolute atomic E-state index is 3.62. The van der Waals surface area contributed by atoms with Gasteiger partial charge in [0.2, 0.25) is 0 Å². The van der Waals surface area contributed by atoms with Crippen LogP contribution in [0.2, 0.25) is 0 Å². The third-order valence-electron chi connectivity index (χ3n) is 3.70. The highest BCUT2D eigenvalue weighted by molar-refractivity contribution is 7.19. The molecule has 0 aliphatic rings. The Morgan fingerprint density at radius 2 is 1.90 bits per heavy atom. The number of hydrogen-bond acceptors (Lipinski definition) is 2. The second-order valence-electron chi connectivity index (χ2n) is 6.87. The monoisotopic (exact) mass is 289 g/mol. The van der Waals surface area contributed by atoms with Gasteiger partial charge < -0.3 is 5.32 Å². The van der Waals surface area contributed by atoms with Crippen molar-refractivity contribution in [3.05, 3.63) is 34.2 Å². The van der Waals surface area contributed by atoms with Gasteiger partial charge in [-0.25, -0.2) is 0 Å². The molecule has 0 saturated carbocycles. The van der Waals surface area contributed by atoms with Crippen molar-refractivity contribution in [1.82, 2.24) is 5.32 Å². The first-order valence-electron chi connectivity index (χ1n) is 7.61. The van der Waals surface area contributed by atoms with Crippen molar-refractivity contribution in [3.63, 3.8) is 0 Å². The molecule has 1 N–H and O–H groups in total. The largest absolute Gasteiger partial charge is 0.307 e. The molecule has 0 bridgehead atoms. The van der Waals surface area contributed by atoms with E-state index in [0.717, 1.165) is 13.0 Å². The van der Waals surface area contributed by atoms with Crippen molar-refractivity contribution in [3.8, 4) is 0 Å². The lowest BCUT2D eigenvalue weighted by Crippen LogP contribution is -2.35. The summed E-state index contributed by atoms with van der Waals surface area (Å²) in [5, 5.41) is 5.09. The molecule has 0 saturated heterocycles. The number of rotatable bonds is 4. The fourth-order valence-corrected chi connectivity index (χ4v) is 3.67. The summed E-state index contributed by atoms with van der Waals surface area (Å²) in [4.78, 5) is 1.50. The van der Waals surface area contributed by atoms with Crippen molar-refractivity contribution in [1.29, 1.82) is 0 Å². The first kappa shape index (κ1) is 15.5. The van der Waals surface area contributed by atoms with Crippen LogP contribution in [0.4, 0.5) is 0 Å². The molecule has 0 radical (unpaired) electrons. The molecule has 2 heteroatoms. The van der Waals surface area contributed by atoms with E-state index in [1.54, 1.807) is 0 Å².